The van der Waals surface area contributed by atoms with E-state index in [1.165, 1.54) is 66.1 Å². The monoisotopic (exact) mass is 518 g/mol. The molecule has 0 saturated carbocycles. The zero-order chi connectivity index (χ0) is 27.1. The van der Waals surface area contributed by atoms with Gasteiger partial charge in [0.1, 0.15) is 6.07 Å². The Morgan fingerprint density at radius 1 is 0.512 bits per heavy atom. The van der Waals surface area contributed by atoms with Crippen LogP contribution in [-0.4, -0.2) is 4.98 Å². The molecule has 9 rings (SSSR count). The van der Waals surface area contributed by atoms with Crippen LogP contribution >= 0.6 is 0 Å². The van der Waals surface area contributed by atoms with Crippen LogP contribution in [0.2, 0.25) is 0 Å². The molecule has 1 spiro atoms. The molecular formula is C39H22N2. The Morgan fingerprint density at radius 2 is 1.15 bits per heavy atom. The van der Waals surface area contributed by atoms with Gasteiger partial charge in [-0.25, -0.2) is 0 Å². The van der Waals surface area contributed by atoms with Crippen molar-refractivity contribution >= 4 is 21.5 Å². The van der Waals surface area contributed by atoms with Crippen molar-refractivity contribution in [1.82, 2.24) is 4.98 Å². The first kappa shape index (κ1) is 22.3. The maximum atomic E-state index is 9.69. The Morgan fingerprint density at radius 3 is 1.90 bits per heavy atom. The number of nitriles is 1. The van der Waals surface area contributed by atoms with E-state index in [1.807, 2.05) is 12.3 Å². The van der Waals surface area contributed by atoms with E-state index in [4.69, 9.17) is 0 Å². The summed E-state index contributed by atoms with van der Waals surface area (Å²) in [6.07, 6.45) is 3.52. The molecule has 188 valence electrons. The average molecular weight is 519 g/mol. The molecule has 41 heavy (non-hydrogen) atoms. The molecule has 2 heteroatoms. The zero-order valence-electron chi connectivity index (χ0n) is 22.1. The summed E-state index contributed by atoms with van der Waals surface area (Å²) < 4.78 is 0. The minimum absolute atomic E-state index is 0.457. The van der Waals surface area contributed by atoms with E-state index in [1.54, 1.807) is 6.20 Å². The molecule has 0 N–H and O–H groups in total. The SMILES string of the molecule is N#Cc1cncc(-c2cc3c(c4ccccc24)-c2c(ccc4ccccc24)C32c3ccccc3-c3ccccc32)c1. The first-order valence-electron chi connectivity index (χ1n) is 13.9. The van der Waals surface area contributed by atoms with Crippen molar-refractivity contribution < 1.29 is 0 Å². The minimum atomic E-state index is -0.457. The van der Waals surface area contributed by atoms with Gasteiger partial charge in [-0.3, -0.25) is 4.98 Å². The summed E-state index contributed by atoms with van der Waals surface area (Å²) in [7, 11) is 0. The molecule has 2 aliphatic carbocycles. The molecule has 2 aliphatic rings. The van der Waals surface area contributed by atoms with E-state index >= 15 is 0 Å². The van der Waals surface area contributed by atoms with Gasteiger partial charge >= 0.3 is 0 Å². The Kier molecular flexibility index (Phi) is 4.36. The van der Waals surface area contributed by atoms with Gasteiger partial charge in [-0.1, -0.05) is 109 Å². The molecule has 0 saturated heterocycles. The number of aromatic nitrogens is 1. The topological polar surface area (TPSA) is 36.7 Å². The smallest absolute Gasteiger partial charge is 0.101 e. The van der Waals surface area contributed by atoms with Crippen molar-refractivity contribution in [3.63, 3.8) is 0 Å². The number of pyridine rings is 1. The predicted molar refractivity (Wildman–Crippen MR) is 166 cm³/mol. The molecule has 1 aromatic heterocycles. The maximum Gasteiger partial charge on any atom is 0.101 e. The van der Waals surface area contributed by atoms with Crippen LogP contribution in [0.15, 0.2) is 134 Å². The van der Waals surface area contributed by atoms with E-state index in [0.29, 0.717) is 5.56 Å². The molecule has 0 radical (unpaired) electrons. The number of fused-ring (bicyclic) bond motifs is 14. The van der Waals surface area contributed by atoms with E-state index in [0.717, 1.165) is 11.1 Å². The Bertz CT molecular complexity index is 2240. The zero-order valence-corrected chi connectivity index (χ0v) is 22.1. The highest BCUT2D eigenvalue weighted by Gasteiger charge is 2.52. The van der Waals surface area contributed by atoms with Gasteiger partial charge in [0.25, 0.3) is 0 Å². The van der Waals surface area contributed by atoms with Gasteiger partial charge in [-0.05, 0) is 83.7 Å². The Hall–Kier alpha value is -5.52. The normalized spacial score (nSPS) is 13.5. The molecule has 7 aromatic rings. The second-order valence-electron chi connectivity index (χ2n) is 11.0. The molecule has 0 unspecified atom stereocenters. The van der Waals surface area contributed by atoms with Crippen LogP contribution < -0.4 is 0 Å². The predicted octanol–water partition coefficient (Wildman–Crippen LogP) is 9.27. The summed E-state index contributed by atoms with van der Waals surface area (Å²) in [4.78, 5) is 4.45. The number of rotatable bonds is 1. The summed E-state index contributed by atoms with van der Waals surface area (Å²) >= 11 is 0. The van der Waals surface area contributed by atoms with Crippen molar-refractivity contribution in [2.75, 3.05) is 0 Å². The van der Waals surface area contributed by atoms with Crippen LogP contribution in [0.3, 0.4) is 0 Å². The van der Waals surface area contributed by atoms with Gasteiger partial charge in [-0.2, -0.15) is 5.26 Å². The lowest BCUT2D eigenvalue weighted by molar-refractivity contribution is 0.795. The Balaban J connectivity index is 1.54. The second kappa shape index (κ2) is 8.01. The second-order valence-corrected chi connectivity index (χ2v) is 11.0. The van der Waals surface area contributed by atoms with Gasteiger partial charge in [0.2, 0.25) is 0 Å². The fraction of sp³-hybridized carbons (Fsp3) is 0.0256. The fourth-order valence-electron chi connectivity index (χ4n) is 7.64. The van der Waals surface area contributed by atoms with E-state index in [-0.39, 0.29) is 0 Å². The molecule has 0 atom stereocenters. The van der Waals surface area contributed by atoms with E-state index < -0.39 is 5.41 Å². The van der Waals surface area contributed by atoms with Crippen LogP contribution in [-0.2, 0) is 5.41 Å². The summed E-state index contributed by atoms with van der Waals surface area (Å²) in [5, 5.41) is 14.6. The van der Waals surface area contributed by atoms with Crippen molar-refractivity contribution in [3.05, 3.63) is 162 Å². The average Bonchev–Trinajstić information content (AvgIpc) is 3.52. The largest absolute Gasteiger partial charge is 0.263 e. The van der Waals surface area contributed by atoms with Crippen LogP contribution in [0.4, 0.5) is 0 Å². The number of benzene rings is 6. The quantitative estimate of drug-likeness (QED) is 0.217. The van der Waals surface area contributed by atoms with Crippen LogP contribution in [0, 0.1) is 11.3 Å². The third-order valence-electron chi connectivity index (χ3n) is 9.16. The highest BCUT2D eigenvalue weighted by molar-refractivity contribution is 6.16. The van der Waals surface area contributed by atoms with E-state index in [2.05, 4.69) is 126 Å². The van der Waals surface area contributed by atoms with Crippen molar-refractivity contribution in [3.8, 4) is 39.4 Å². The standard InChI is InChI=1S/C39H22N2/c40-21-24-19-26(23-41-22-24)32-20-36-38(31-14-4-3-11-28(31)32)37-27-10-2-1-9-25(27)17-18-35(37)39(36)33-15-7-5-12-29(33)30-13-6-8-16-34(30)39/h1-20,22-23H. The lowest BCUT2D eigenvalue weighted by Crippen LogP contribution is -2.26. The first-order chi connectivity index (χ1) is 20.3. The lowest BCUT2D eigenvalue weighted by Gasteiger charge is -2.31. The van der Waals surface area contributed by atoms with Crippen LogP contribution in [0.5, 0.6) is 0 Å². The Labute approximate surface area is 237 Å². The van der Waals surface area contributed by atoms with Crippen molar-refractivity contribution in [2.24, 2.45) is 0 Å². The minimum Gasteiger partial charge on any atom is -0.263 e. The molecule has 1 heterocycles. The number of nitrogens with zero attached hydrogens (tertiary/aromatic N) is 2. The third kappa shape index (κ3) is 2.73. The molecule has 2 nitrogen and oxygen atoms in total. The molecule has 0 aliphatic heterocycles. The van der Waals surface area contributed by atoms with Gasteiger partial charge in [0.05, 0.1) is 11.0 Å². The van der Waals surface area contributed by atoms with Crippen LogP contribution in [0.1, 0.15) is 27.8 Å². The van der Waals surface area contributed by atoms with Gasteiger partial charge in [0.15, 0.2) is 0 Å². The van der Waals surface area contributed by atoms with E-state index in [9.17, 15) is 5.26 Å². The molecule has 0 fully saturated rings. The molecule has 0 amide bonds. The van der Waals surface area contributed by atoms with Crippen molar-refractivity contribution in [2.45, 2.75) is 5.41 Å². The van der Waals surface area contributed by atoms with Crippen molar-refractivity contribution in [1.29, 1.82) is 5.26 Å². The molecular weight excluding hydrogens is 496 g/mol. The summed E-state index contributed by atoms with van der Waals surface area (Å²) in [6.45, 7) is 0. The fourth-order valence-corrected chi connectivity index (χ4v) is 7.64. The third-order valence-corrected chi connectivity index (χ3v) is 9.16. The summed E-state index contributed by atoms with van der Waals surface area (Å²) in [5.41, 5.74) is 12.6. The first-order valence-corrected chi connectivity index (χ1v) is 13.9. The van der Waals surface area contributed by atoms with Gasteiger partial charge in [0, 0.05) is 18.0 Å². The van der Waals surface area contributed by atoms with Gasteiger partial charge in [-0.15, -0.1) is 0 Å². The highest BCUT2D eigenvalue weighted by Crippen LogP contribution is 2.65. The number of hydrogen-bond acceptors (Lipinski definition) is 2. The maximum absolute atomic E-state index is 9.69. The lowest BCUT2D eigenvalue weighted by atomic mass is 9.70. The molecule has 0 bridgehead atoms. The highest BCUT2D eigenvalue weighted by atomic mass is 14.6. The summed E-state index contributed by atoms with van der Waals surface area (Å²) in [5.74, 6) is 0. The molecule has 6 aromatic carbocycles. The van der Waals surface area contributed by atoms with Crippen LogP contribution in [0.25, 0.3) is 54.9 Å². The summed E-state index contributed by atoms with van der Waals surface area (Å²) in [6, 6.07) is 46.6. The number of hydrogen-bond donors (Lipinski definition) is 0. The van der Waals surface area contributed by atoms with Gasteiger partial charge < -0.3 is 0 Å².